The Labute approximate surface area is 93.2 Å². The first kappa shape index (κ1) is 10.4. The highest BCUT2D eigenvalue weighted by atomic mass is 35.5. The van der Waals surface area contributed by atoms with Gasteiger partial charge in [0.05, 0.1) is 11.7 Å². The Hall–Kier alpha value is -1.16. The number of nitrogens with zero attached hydrogens (tertiary/aromatic N) is 3. The van der Waals surface area contributed by atoms with Gasteiger partial charge in [0.1, 0.15) is 0 Å². The van der Waals surface area contributed by atoms with Crippen LogP contribution in [-0.2, 0) is 4.79 Å². The van der Waals surface area contributed by atoms with Gasteiger partial charge in [0.15, 0.2) is 5.15 Å². The Balaban J connectivity index is 2.16. The maximum atomic E-state index is 11.5. The quantitative estimate of drug-likeness (QED) is 0.771. The second-order valence-corrected chi connectivity index (χ2v) is 4.03. The largest absolute Gasteiger partial charge is 0.334 e. The van der Waals surface area contributed by atoms with Crippen molar-refractivity contribution >= 4 is 17.5 Å². The lowest BCUT2D eigenvalue weighted by atomic mass is 10.2. The van der Waals surface area contributed by atoms with Gasteiger partial charge in [0.25, 0.3) is 0 Å². The molecule has 5 heteroatoms. The molecule has 0 spiro atoms. The summed E-state index contributed by atoms with van der Waals surface area (Å²) in [4.78, 5) is 13.3. The van der Waals surface area contributed by atoms with E-state index in [1.54, 1.807) is 6.07 Å². The van der Waals surface area contributed by atoms with Crippen molar-refractivity contribution in [3.63, 3.8) is 0 Å². The normalized spacial score (nSPS) is 18.3. The SMILES string of the molecule is CC(c1ccc(Cl)nn1)N1CCCC1=O. The highest BCUT2D eigenvalue weighted by molar-refractivity contribution is 6.29. The number of halogens is 1. The molecule has 15 heavy (non-hydrogen) atoms. The molecule has 1 saturated heterocycles. The second-order valence-electron chi connectivity index (χ2n) is 3.65. The predicted molar refractivity (Wildman–Crippen MR) is 56.4 cm³/mol. The fourth-order valence-corrected chi connectivity index (χ4v) is 1.89. The summed E-state index contributed by atoms with van der Waals surface area (Å²) < 4.78 is 0. The van der Waals surface area contributed by atoms with Gasteiger partial charge in [-0.2, -0.15) is 5.10 Å². The molecule has 2 heterocycles. The number of aromatic nitrogens is 2. The number of carbonyl (C=O) groups is 1. The smallest absolute Gasteiger partial charge is 0.223 e. The third-order valence-corrected chi connectivity index (χ3v) is 2.86. The van der Waals surface area contributed by atoms with Crippen LogP contribution in [0.15, 0.2) is 12.1 Å². The maximum Gasteiger partial charge on any atom is 0.223 e. The van der Waals surface area contributed by atoms with Gasteiger partial charge >= 0.3 is 0 Å². The summed E-state index contributed by atoms with van der Waals surface area (Å²) >= 11 is 5.65. The number of hydrogen-bond acceptors (Lipinski definition) is 3. The van der Waals surface area contributed by atoms with Gasteiger partial charge in [-0.3, -0.25) is 4.79 Å². The molecular weight excluding hydrogens is 214 g/mol. The summed E-state index contributed by atoms with van der Waals surface area (Å²) in [6.07, 6.45) is 1.58. The van der Waals surface area contributed by atoms with Gasteiger partial charge in [-0.1, -0.05) is 11.6 Å². The average molecular weight is 226 g/mol. The van der Waals surface area contributed by atoms with Crippen molar-refractivity contribution in [3.8, 4) is 0 Å². The number of amides is 1. The zero-order valence-electron chi connectivity index (χ0n) is 8.48. The third-order valence-electron chi connectivity index (χ3n) is 2.66. The number of carbonyl (C=O) groups excluding carboxylic acids is 1. The van der Waals surface area contributed by atoms with Crippen LogP contribution in [0.3, 0.4) is 0 Å². The maximum absolute atomic E-state index is 11.5. The molecule has 1 unspecified atom stereocenters. The predicted octanol–water partition coefficient (Wildman–Crippen LogP) is 1.81. The van der Waals surface area contributed by atoms with Crippen LogP contribution in [0.5, 0.6) is 0 Å². The van der Waals surface area contributed by atoms with Crippen LogP contribution in [0.4, 0.5) is 0 Å². The molecule has 1 aliphatic rings. The Kier molecular flexibility index (Phi) is 2.86. The highest BCUT2D eigenvalue weighted by Crippen LogP contribution is 2.23. The van der Waals surface area contributed by atoms with Gasteiger partial charge < -0.3 is 4.90 Å². The molecule has 0 bridgehead atoms. The molecule has 80 valence electrons. The van der Waals surface area contributed by atoms with Gasteiger partial charge in [0.2, 0.25) is 5.91 Å². The first-order valence-corrected chi connectivity index (χ1v) is 5.35. The molecule has 1 aromatic heterocycles. The van der Waals surface area contributed by atoms with Gasteiger partial charge in [0, 0.05) is 13.0 Å². The molecule has 2 rings (SSSR count). The van der Waals surface area contributed by atoms with Crippen molar-refractivity contribution in [1.82, 2.24) is 15.1 Å². The fraction of sp³-hybridized carbons (Fsp3) is 0.500. The van der Waals surface area contributed by atoms with E-state index in [1.165, 1.54) is 0 Å². The van der Waals surface area contributed by atoms with E-state index in [2.05, 4.69) is 10.2 Å². The molecule has 0 aromatic carbocycles. The monoisotopic (exact) mass is 225 g/mol. The highest BCUT2D eigenvalue weighted by Gasteiger charge is 2.26. The Bertz CT molecular complexity index is 365. The minimum Gasteiger partial charge on any atom is -0.334 e. The van der Waals surface area contributed by atoms with Crippen LogP contribution >= 0.6 is 11.6 Å². The van der Waals surface area contributed by atoms with Crippen molar-refractivity contribution < 1.29 is 4.79 Å². The van der Waals surface area contributed by atoms with Gasteiger partial charge in [-0.25, -0.2) is 0 Å². The zero-order valence-corrected chi connectivity index (χ0v) is 9.24. The average Bonchev–Trinajstić information content (AvgIpc) is 2.65. The standard InChI is InChI=1S/C10H12ClN3O/c1-7(14-6-2-3-10(14)15)8-4-5-9(11)13-12-8/h4-5,7H,2-3,6H2,1H3. The van der Waals surface area contributed by atoms with E-state index in [0.717, 1.165) is 18.7 Å². The first-order valence-electron chi connectivity index (χ1n) is 4.97. The number of likely N-dealkylation sites (tertiary alicyclic amines) is 1. The van der Waals surface area contributed by atoms with Crippen molar-refractivity contribution in [2.45, 2.75) is 25.8 Å². The first-order chi connectivity index (χ1) is 7.18. The summed E-state index contributed by atoms with van der Waals surface area (Å²) in [6, 6.07) is 3.50. The van der Waals surface area contributed by atoms with Crippen LogP contribution in [0, 0.1) is 0 Å². The van der Waals surface area contributed by atoms with E-state index in [4.69, 9.17) is 11.6 Å². The molecule has 1 fully saturated rings. The molecule has 0 radical (unpaired) electrons. The molecular formula is C10H12ClN3O. The van der Waals surface area contributed by atoms with E-state index in [-0.39, 0.29) is 11.9 Å². The Morgan fingerprint density at radius 1 is 1.47 bits per heavy atom. The lowest BCUT2D eigenvalue weighted by Crippen LogP contribution is -2.28. The van der Waals surface area contributed by atoms with Crippen LogP contribution in [0.25, 0.3) is 0 Å². The number of rotatable bonds is 2. The van der Waals surface area contributed by atoms with Crippen LogP contribution < -0.4 is 0 Å². The zero-order chi connectivity index (χ0) is 10.8. The Morgan fingerprint density at radius 2 is 2.27 bits per heavy atom. The topological polar surface area (TPSA) is 46.1 Å². The van der Waals surface area contributed by atoms with Crippen molar-refractivity contribution in [1.29, 1.82) is 0 Å². The molecule has 1 aliphatic heterocycles. The summed E-state index contributed by atoms with van der Waals surface area (Å²) in [5.41, 5.74) is 0.787. The Morgan fingerprint density at radius 3 is 2.80 bits per heavy atom. The molecule has 0 aliphatic carbocycles. The van der Waals surface area contributed by atoms with Crippen molar-refractivity contribution in [2.75, 3.05) is 6.54 Å². The van der Waals surface area contributed by atoms with Crippen LogP contribution in [0.1, 0.15) is 31.5 Å². The van der Waals surface area contributed by atoms with Gasteiger partial charge in [-0.15, -0.1) is 5.10 Å². The molecule has 0 N–H and O–H groups in total. The summed E-state index contributed by atoms with van der Waals surface area (Å²) in [5.74, 6) is 0.194. The summed E-state index contributed by atoms with van der Waals surface area (Å²) in [7, 11) is 0. The van der Waals surface area contributed by atoms with Crippen molar-refractivity contribution in [3.05, 3.63) is 23.0 Å². The minimum atomic E-state index is -0.00948. The van der Waals surface area contributed by atoms with Crippen LogP contribution in [0.2, 0.25) is 5.15 Å². The lowest BCUT2D eigenvalue weighted by molar-refractivity contribution is -0.129. The molecule has 1 amide bonds. The van der Waals surface area contributed by atoms with E-state index >= 15 is 0 Å². The fourth-order valence-electron chi connectivity index (χ4n) is 1.79. The van der Waals surface area contributed by atoms with E-state index in [1.807, 2.05) is 17.9 Å². The summed E-state index contributed by atoms with van der Waals surface area (Å²) in [5, 5.41) is 8.13. The molecule has 4 nitrogen and oxygen atoms in total. The van der Waals surface area contributed by atoms with Crippen LogP contribution in [-0.4, -0.2) is 27.5 Å². The minimum absolute atomic E-state index is 0.00948. The molecule has 0 saturated carbocycles. The second kappa shape index (κ2) is 4.14. The third kappa shape index (κ3) is 2.09. The van der Waals surface area contributed by atoms with E-state index in [9.17, 15) is 4.79 Å². The van der Waals surface area contributed by atoms with Gasteiger partial charge in [-0.05, 0) is 25.5 Å². The summed E-state index contributed by atoms with van der Waals surface area (Å²) in [6.45, 7) is 2.77. The number of hydrogen-bond donors (Lipinski definition) is 0. The lowest BCUT2D eigenvalue weighted by Gasteiger charge is -2.23. The molecule has 1 atom stereocenters. The van der Waals surface area contributed by atoms with E-state index < -0.39 is 0 Å². The van der Waals surface area contributed by atoms with E-state index in [0.29, 0.717) is 11.6 Å². The van der Waals surface area contributed by atoms with Crippen molar-refractivity contribution in [2.24, 2.45) is 0 Å². The molecule has 1 aromatic rings.